The van der Waals surface area contributed by atoms with Crippen molar-refractivity contribution in [3.05, 3.63) is 11.4 Å². The summed E-state index contributed by atoms with van der Waals surface area (Å²) in [5, 5.41) is 5.71. The number of thiophene rings is 2. The van der Waals surface area contributed by atoms with E-state index in [2.05, 4.69) is 30.3 Å². The largest absolute Gasteiger partial charge is 0.353 e. The van der Waals surface area contributed by atoms with E-state index in [9.17, 15) is 0 Å². The lowest BCUT2D eigenvalue weighted by molar-refractivity contribution is 0.935. The van der Waals surface area contributed by atoms with Crippen LogP contribution in [0.1, 0.15) is 6.92 Å². The maximum Gasteiger partial charge on any atom is 0.107 e. The second-order valence-electron chi connectivity index (χ2n) is 3.19. The fourth-order valence-corrected chi connectivity index (χ4v) is 5.35. The summed E-state index contributed by atoms with van der Waals surface area (Å²) < 4.78 is 1.47. The minimum Gasteiger partial charge on any atom is -0.353 e. The molecule has 0 bridgehead atoms. The van der Waals surface area contributed by atoms with Gasteiger partial charge in [0.25, 0.3) is 0 Å². The van der Waals surface area contributed by atoms with Crippen molar-refractivity contribution < 1.29 is 0 Å². The van der Waals surface area contributed by atoms with Crippen LogP contribution in [0.4, 0.5) is 5.00 Å². The Labute approximate surface area is 89.4 Å². The minimum atomic E-state index is 0.602. The van der Waals surface area contributed by atoms with Crippen LogP contribution in [0, 0.1) is 0 Å². The summed E-state index contributed by atoms with van der Waals surface area (Å²) in [6.07, 6.45) is 0. The molecule has 0 aromatic carbocycles. The van der Waals surface area contributed by atoms with Gasteiger partial charge in [-0.3, -0.25) is 0 Å². The third-order valence-corrected chi connectivity index (χ3v) is 6.18. The standard InChI is InChI=1S/C9H9NS3/c1-5-10(2)8-7(12-5)6-3-4-11-9(6)13-8/h3-5H,1-2H3. The molecule has 0 amide bonds. The van der Waals surface area contributed by atoms with E-state index < -0.39 is 0 Å². The number of anilines is 1. The fourth-order valence-electron chi connectivity index (χ4n) is 1.55. The van der Waals surface area contributed by atoms with E-state index in [0.717, 1.165) is 0 Å². The lowest BCUT2D eigenvalue weighted by atomic mass is 10.4. The number of hydrogen-bond donors (Lipinski definition) is 0. The predicted octanol–water partition coefficient (Wildman–Crippen LogP) is 3.85. The van der Waals surface area contributed by atoms with Crippen molar-refractivity contribution in [3.63, 3.8) is 0 Å². The summed E-state index contributed by atoms with van der Waals surface area (Å²) in [5.74, 6) is 0. The van der Waals surface area contributed by atoms with Gasteiger partial charge in [0.1, 0.15) is 5.00 Å². The smallest absolute Gasteiger partial charge is 0.107 e. The van der Waals surface area contributed by atoms with Crippen LogP contribution in [0.15, 0.2) is 16.3 Å². The first-order valence-corrected chi connectivity index (χ1v) is 6.74. The average Bonchev–Trinajstić information content (AvgIpc) is 2.70. The van der Waals surface area contributed by atoms with Crippen molar-refractivity contribution in [3.8, 4) is 0 Å². The van der Waals surface area contributed by atoms with Gasteiger partial charge in [-0.05, 0) is 18.4 Å². The first-order chi connectivity index (χ1) is 6.27. The Morgan fingerprint density at radius 3 is 3.15 bits per heavy atom. The molecule has 0 saturated carbocycles. The molecule has 0 radical (unpaired) electrons. The summed E-state index contributed by atoms with van der Waals surface area (Å²) in [6.45, 7) is 2.26. The van der Waals surface area contributed by atoms with Crippen LogP contribution in [0.5, 0.6) is 0 Å². The molecule has 0 fully saturated rings. The highest BCUT2D eigenvalue weighted by Crippen LogP contribution is 2.52. The second-order valence-corrected chi connectivity index (χ2v) is 6.69. The molecular formula is C9H9NS3. The highest BCUT2D eigenvalue weighted by atomic mass is 32.2. The van der Waals surface area contributed by atoms with Crippen molar-refractivity contribution in [2.24, 2.45) is 0 Å². The molecular weight excluding hydrogens is 218 g/mol. The van der Waals surface area contributed by atoms with Crippen LogP contribution in [0.25, 0.3) is 9.40 Å². The Balaban J connectivity index is 2.30. The number of fused-ring (bicyclic) bond motifs is 3. The van der Waals surface area contributed by atoms with Gasteiger partial charge in [0.15, 0.2) is 0 Å². The second kappa shape index (κ2) is 2.65. The molecule has 0 aliphatic carbocycles. The lowest BCUT2D eigenvalue weighted by Crippen LogP contribution is -2.19. The normalized spacial score (nSPS) is 21.4. The number of nitrogens with zero attached hydrogens (tertiary/aromatic N) is 1. The molecule has 13 heavy (non-hydrogen) atoms. The highest BCUT2D eigenvalue weighted by molar-refractivity contribution is 8.01. The van der Waals surface area contributed by atoms with E-state index in [-0.39, 0.29) is 0 Å². The molecule has 3 heterocycles. The zero-order valence-corrected chi connectivity index (χ0v) is 9.85. The Bertz CT molecular complexity index is 456. The first-order valence-electron chi connectivity index (χ1n) is 4.17. The van der Waals surface area contributed by atoms with E-state index in [1.807, 2.05) is 34.4 Å². The maximum absolute atomic E-state index is 2.37. The Morgan fingerprint density at radius 1 is 1.46 bits per heavy atom. The Kier molecular flexibility index (Phi) is 1.66. The minimum absolute atomic E-state index is 0.602. The van der Waals surface area contributed by atoms with E-state index in [0.29, 0.717) is 5.37 Å². The van der Waals surface area contributed by atoms with Gasteiger partial charge in [0.05, 0.1) is 14.3 Å². The molecule has 1 nitrogen and oxygen atoms in total. The van der Waals surface area contributed by atoms with Crippen molar-refractivity contribution in [2.45, 2.75) is 17.2 Å². The predicted molar refractivity (Wildman–Crippen MR) is 63.4 cm³/mol. The maximum atomic E-state index is 2.37. The fraction of sp³-hybridized carbons (Fsp3) is 0.333. The zero-order chi connectivity index (χ0) is 9.00. The van der Waals surface area contributed by atoms with Crippen LogP contribution in [-0.2, 0) is 0 Å². The van der Waals surface area contributed by atoms with Crippen LogP contribution in [0.3, 0.4) is 0 Å². The number of thioether (sulfide) groups is 1. The number of hydrogen-bond acceptors (Lipinski definition) is 4. The number of rotatable bonds is 0. The Hall–Kier alpha value is -0.190. The Morgan fingerprint density at radius 2 is 2.31 bits per heavy atom. The van der Waals surface area contributed by atoms with E-state index >= 15 is 0 Å². The zero-order valence-electron chi connectivity index (χ0n) is 7.40. The van der Waals surface area contributed by atoms with Crippen LogP contribution in [0.2, 0.25) is 0 Å². The summed E-state index contributed by atoms with van der Waals surface area (Å²) in [4.78, 5) is 3.87. The lowest BCUT2D eigenvalue weighted by Gasteiger charge is -2.15. The summed E-state index contributed by atoms with van der Waals surface area (Å²) in [6, 6.07) is 2.24. The molecule has 0 N–H and O–H groups in total. The van der Waals surface area contributed by atoms with Gasteiger partial charge in [-0.1, -0.05) is 11.8 Å². The quantitative estimate of drug-likeness (QED) is 0.672. The van der Waals surface area contributed by atoms with Crippen molar-refractivity contribution in [2.75, 3.05) is 11.9 Å². The average molecular weight is 227 g/mol. The van der Waals surface area contributed by atoms with Gasteiger partial charge < -0.3 is 4.90 Å². The van der Waals surface area contributed by atoms with Crippen LogP contribution < -0.4 is 4.90 Å². The van der Waals surface area contributed by atoms with E-state index in [4.69, 9.17) is 0 Å². The molecule has 0 saturated heterocycles. The topological polar surface area (TPSA) is 3.24 Å². The van der Waals surface area contributed by atoms with E-state index in [1.54, 1.807) is 0 Å². The van der Waals surface area contributed by atoms with Crippen molar-refractivity contribution >= 4 is 48.8 Å². The van der Waals surface area contributed by atoms with Crippen LogP contribution in [-0.4, -0.2) is 12.4 Å². The molecule has 1 atom stereocenters. The summed E-state index contributed by atoms with van der Waals surface area (Å²) in [5.41, 5.74) is 0. The molecule has 1 unspecified atom stereocenters. The van der Waals surface area contributed by atoms with E-state index in [1.165, 1.54) is 19.3 Å². The summed E-state index contributed by atoms with van der Waals surface area (Å²) in [7, 11) is 2.18. The molecule has 2 aromatic rings. The first kappa shape index (κ1) is 8.15. The van der Waals surface area contributed by atoms with Crippen molar-refractivity contribution in [1.29, 1.82) is 0 Å². The van der Waals surface area contributed by atoms with Crippen LogP contribution >= 0.6 is 34.4 Å². The molecule has 0 spiro atoms. The van der Waals surface area contributed by atoms with Gasteiger partial charge in [0, 0.05) is 12.4 Å². The van der Waals surface area contributed by atoms with Crippen molar-refractivity contribution in [1.82, 2.24) is 0 Å². The van der Waals surface area contributed by atoms with Gasteiger partial charge in [-0.15, -0.1) is 22.7 Å². The highest BCUT2D eigenvalue weighted by Gasteiger charge is 2.28. The monoisotopic (exact) mass is 227 g/mol. The molecule has 68 valence electrons. The molecule has 4 heteroatoms. The molecule has 1 aliphatic rings. The third kappa shape index (κ3) is 0.994. The summed E-state index contributed by atoms with van der Waals surface area (Å²) >= 11 is 5.76. The van der Waals surface area contributed by atoms with Gasteiger partial charge in [-0.25, -0.2) is 0 Å². The molecule has 2 aromatic heterocycles. The molecule has 1 aliphatic heterocycles. The van der Waals surface area contributed by atoms with Gasteiger partial charge >= 0.3 is 0 Å². The van der Waals surface area contributed by atoms with Gasteiger partial charge in [0.2, 0.25) is 0 Å². The third-order valence-electron chi connectivity index (χ3n) is 2.41. The van der Waals surface area contributed by atoms with Gasteiger partial charge in [-0.2, -0.15) is 0 Å². The SMILES string of the molecule is CC1Sc2c(sc3sccc23)N1C. The molecule has 3 rings (SSSR count).